The molecule has 20 heavy (non-hydrogen) atoms. The Balaban J connectivity index is 1.53. The normalized spacial score (nSPS) is 21.8. The van der Waals surface area contributed by atoms with Crippen LogP contribution in [0.3, 0.4) is 0 Å². The lowest BCUT2D eigenvalue weighted by Gasteiger charge is -2.35. The van der Waals surface area contributed by atoms with E-state index in [2.05, 4.69) is 39.5 Å². The Kier molecular flexibility index (Phi) is 3.44. The highest BCUT2D eigenvalue weighted by molar-refractivity contribution is 6.06. The molecular formula is C15H20N4O. The number of guanidine groups is 1. The van der Waals surface area contributed by atoms with Crippen molar-refractivity contribution in [2.24, 2.45) is 10.7 Å². The fraction of sp³-hybridized carbons (Fsp3) is 0.467. The number of carbonyl (C=O) groups excluding carboxylic acids is 1. The predicted octanol–water partition coefficient (Wildman–Crippen LogP) is 0.508. The van der Waals surface area contributed by atoms with Crippen molar-refractivity contribution in [1.82, 2.24) is 10.2 Å². The van der Waals surface area contributed by atoms with Crippen LogP contribution in [0, 0.1) is 0 Å². The third kappa shape index (κ3) is 2.54. The summed E-state index contributed by atoms with van der Waals surface area (Å²) in [5.74, 6) is 0.241. The lowest BCUT2D eigenvalue weighted by Crippen LogP contribution is -2.49. The molecule has 0 bridgehead atoms. The zero-order valence-corrected chi connectivity index (χ0v) is 11.5. The molecule has 1 spiro atoms. The van der Waals surface area contributed by atoms with Crippen molar-refractivity contribution in [2.45, 2.75) is 24.8 Å². The maximum absolute atomic E-state index is 11.9. The Morgan fingerprint density at radius 3 is 2.55 bits per heavy atom. The first kappa shape index (κ1) is 13.1. The molecule has 0 saturated carbocycles. The molecule has 3 N–H and O–H groups in total. The molecule has 5 heteroatoms. The summed E-state index contributed by atoms with van der Waals surface area (Å²) >= 11 is 0. The maximum Gasteiger partial charge on any atom is 0.254 e. The van der Waals surface area contributed by atoms with Crippen LogP contribution < -0.4 is 11.1 Å². The van der Waals surface area contributed by atoms with Crippen LogP contribution in [0.2, 0.25) is 0 Å². The average Bonchev–Trinajstić information content (AvgIpc) is 2.74. The van der Waals surface area contributed by atoms with Gasteiger partial charge in [-0.15, -0.1) is 0 Å². The number of nitrogens with zero attached hydrogens (tertiary/aromatic N) is 2. The van der Waals surface area contributed by atoms with E-state index in [4.69, 9.17) is 5.73 Å². The second-order valence-corrected chi connectivity index (χ2v) is 5.56. The van der Waals surface area contributed by atoms with Crippen molar-refractivity contribution >= 4 is 11.9 Å². The van der Waals surface area contributed by atoms with E-state index < -0.39 is 5.54 Å². The van der Waals surface area contributed by atoms with Crippen LogP contribution in [0.5, 0.6) is 0 Å². The van der Waals surface area contributed by atoms with Crippen LogP contribution in [0.4, 0.5) is 0 Å². The lowest BCUT2D eigenvalue weighted by atomic mass is 9.88. The van der Waals surface area contributed by atoms with Crippen LogP contribution >= 0.6 is 0 Å². The van der Waals surface area contributed by atoms with E-state index >= 15 is 0 Å². The first-order valence-electron chi connectivity index (χ1n) is 7.11. The van der Waals surface area contributed by atoms with Gasteiger partial charge >= 0.3 is 0 Å². The van der Waals surface area contributed by atoms with E-state index in [-0.39, 0.29) is 11.9 Å². The van der Waals surface area contributed by atoms with Gasteiger partial charge in [-0.3, -0.25) is 10.1 Å². The number of carbonyl (C=O) groups is 1. The van der Waals surface area contributed by atoms with Crippen LogP contribution in [-0.4, -0.2) is 41.9 Å². The third-order valence-corrected chi connectivity index (χ3v) is 4.24. The summed E-state index contributed by atoms with van der Waals surface area (Å²) in [5, 5.41) is 2.62. The van der Waals surface area contributed by atoms with E-state index in [0.717, 1.165) is 38.9 Å². The first-order valence-corrected chi connectivity index (χ1v) is 7.11. The molecule has 1 amide bonds. The number of hydrogen-bond acceptors (Lipinski definition) is 4. The zero-order chi connectivity index (χ0) is 14.0. The summed E-state index contributed by atoms with van der Waals surface area (Å²) in [4.78, 5) is 18.6. The van der Waals surface area contributed by atoms with Gasteiger partial charge < -0.3 is 10.6 Å². The molecule has 1 saturated heterocycles. The predicted molar refractivity (Wildman–Crippen MR) is 78.3 cm³/mol. The summed E-state index contributed by atoms with van der Waals surface area (Å²) in [5.41, 5.74) is 6.37. The largest absolute Gasteiger partial charge is 0.370 e. The van der Waals surface area contributed by atoms with E-state index in [1.807, 2.05) is 6.07 Å². The van der Waals surface area contributed by atoms with Gasteiger partial charge in [-0.2, -0.15) is 0 Å². The van der Waals surface area contributed by atoms with Crippen LogP contribution in [0.25, 0.3) is 0 Å². The van der Waals surface area contributed by atoms with Gasteiger partial charge in [-0.25, -0.2) is 4.99 Å². The Labute approximate surface area is 118 Å². The number of amides is 1. The van der Waals surface area contributed by atoms with Crippen molar-refractivity contribution in [3.63, 3.8) is 0 Å². The highest BCUT2D eigenvalue weighted by Gasteiger charge is 2.45. The topological polar surface area (TPSA) is 70.7 Å². The van der Waals surface area contributed by atoms with Crippen molar-refractivity contribution in [3.05, 3.63) is 35.9 Å². The summed E-state index contributed by atoms with van der Waals surface area (Å²) in [6.45, 7) is 2.83. The van der Waals surface area contributed by atoms with E-state index in [1.165, 1.54) is 5.56 Å². The van der Waals surface area contributed by atoms with Gasteiger partial charge in [-0.1, -0.05) is 30.3 Å². The van der Waals surface area contributed by atoms with E-state index in [1.54, 1.807) is 0 Å². The molecule has 2 aliphatic heterocycles. The fourth-order valence-electron chi connectivity index (χ4n) is 2.96. The number of aliphatic imine (C=N–C) groups is 1. The standard InChI is InChI=1S/C15H20N4O/c16-14-17-13(20)15(18-14)7-10-19(11-8-15)9-6-12-4-2-1-3-5-12/h1-5H,6-11H2,(H3,16,17,18,20). The number of piperidine rings is 1. The van der Waals surface area contributed by atoms with E-state index in [0.29, 0.717) is 0 Å². The Morgan fingerprint density at radius 1 is 1.25 bits per heavy atom. The fourth-order valence-corrected chi connectivity index (χ4v) is 2.96. The molecule has 2 aliphatic rings. The zero-order valence-electron chi connectivity index (χ0n) is 11.5. The second kappa shape index (κ2) is 5.25. The molecule has 3 rings (SSSR count). The highest BCUT2D eigenvalue weighted by atomic mass is 16.2. The van der Waals surface area contributed by atoms with Gasteiger partial charge in [0, 0.05) is 19.6 Å². The molecule has 2 heterocycles. The number of rotatable bonds is 3. The SMILES string of the molecule is NC1=NC2(CCN(CCc3ccccc3)CC2)C(=O)N1. The highest BCUT2D eigenvalue weighted by Crippen LogP contribution is 2.29. The van der Waals surface area contributed by atoms with Crippen LogP contribution in [-0.2, 0) is 11.2 Å². The smallest absolute Gasteiger partial charge is 0.254 e. The Morgan fingerprint density at radius 2 is 1.95 bits per heavy atom. The van der Waals surface area contributed by atoms with Crippen LogP contribution in [0.1, 0.15) is 18.4 Å². The third-order valence-electron chi connectivity index (χ3n) is 4.24. The van der Waals surface area contributed by atoms with Gasteiger partial charge in [0.25, 0.3) is 5.91 Å². The van der Waals surface area contributed by atoms with Gasteiger partial charge in [-0.05, 0) is 24.8 Å². The van der Waals surface area contributed by atoms with Crippen molar-refractivity contribution < 1.29 is 4.79 Å². The molecule has 0 aromatic heterocycles. The van der Waals surface area contributed by atoms with Crippen molar-refractivity contribution in [3.8, 4) is 0 Å². The quantitative estimate of drug-likeness (QED) is 0.842. The Hall–Kier alpha value is -1.88. The summed E-state index contributed by atoms with van der Waals surface area (Å²) < 4.78 is 0. The molecular weight excluding hydrogens is 252 g/mol. The number of nitrogens with two attached hydrogens (primary N) is 1. The minimum atomic E-state index is -0.590. The second-order valence-electron chi connectivity index (χ2n) is 5.56. The van der Waals surface area contributed by atoms with Crippen molar-refractivity contribution in [1.29, 1.82) is 0 Å². The number of hydrogen-bond donors (Lipinski definition) is 2. The molecule has 5 nitrogen and oxygen atoms in total. The molecule has 1 fully saturated rings. The minimum Gasteiger partial charge on any atom is -0.370 e. The number of benzene rings is 1. The van der Waals surface area contributed by atoms with Crippen LogP contribution in [0.15, 0.2) is 35.3 Å². The molecule has 0 unspecified atom stereocenters. The minimum absolute atomic E-state index is 0.0299. The molecule has 106 valence electrons. The molecule has 1 aromatic rings. The van der Waals surface area contributed by atoms with Gasteiger partial charge in [0.2, 0.25) is 0 Å². The average molecular weight is 272 g/mol. The molecule has 1 aromatic carbocycles. The summed E-state index contributed by atoms with van der Waals surface area (Å²) in [7, 11) is 0. The first-order chi connectivity index (χ1) is 9.68. The summed E-state index contributed by atoms with van der Waals surface area (Å²) in [6.07, 6.45) is 2.56. The molecule has 0 atom stereocenters. The monoisotopic (exact) mass is 272 g/mol. The molecule has 0 radical (unpaired) electrons. The van der Waals surface area contributed by atoms with Crippen molar-refractivity contribution in [2.75, 3.05) is 19.6 Å². The van der Waals surface area contributed by atoms with Gasteiger partial charge in [0.15, 0.2) is 5.96 Å². The van der Waals surface area contributed by atoms with Gasteiger partial charge in [0.05, 0.1) is 0 Å². The lowest BCUT2D eigenvalue weighted by molar-refractivity contribution is -0.125. The van der Waals surface area contributed by atoms with Gasteiger partial charge in [0.1, 0.15) is 5.54 Å². The maximum atomic E-state index is 11.9. The molecule has 0 aliphatic carbocycles. The summed E-state index contributed by atoms with van der Waals surface area (Å²) in [6, 6.07) is 10.5. The number of likely N-dealkylation sites (tertiary alicyclic amines) is 1. The van der Waals surface area contributed by atoms with E-state index in [9.17, 15) is 4.79 Å². The number of nitrogens with one attached hydrogen (secondary N) is 1. The Bertz CT molecular complexity index is 518.